The summed E-state index contributed by atoms with van der Waals surface area (Å²) in [6, 6.07) is 0. The first kappa shape index (κ1) is 10.4. The molecule has 0 radical (unpaired) electrons. The van der Waals surface area contributed by atoms with Crippen LogP contribution in [-0.4, -0.2) is 28.2 Å². The van der Waals surface area contributed by atoms with E-state index in [4.69, 9.17) is 23.0 Å². The van der Waals surface area contributed by atoms with Gasteiger partial charge < -0.3 is 19.2 Å². The number of rotatable bonds is 0. The molecule has 0 aliphatic rings. The van der Waals surface area contributed by atoms with E-state index in [2.05, 4.69) is 0 Å². The quantitative estimate of drug-likeness (QED) is 0.291. The van der Waals surface area contributed by atoms with Crippen molar-refractivity contribution < 1.29 is 39.2 Å². The summed E-state index contributed by atoms with van der Waals surface area (Å²) >= 11 is 1.38. The molecular formula is H4CrO5Si. The van der Waals surface area contributed by atoms with Crippen LogP contribution in [0.4, 0.5) is 0 Å². The third kappa shape index (κ3) is 812. The summed E-state index contributed by atoms with van der Waals surface area (Å²) in [5.41, 5.74) is 0. The number of hydrogen-bond acceptors (Lipinski definition) is 5. The van der Waals surface area contributed by atoms with Crippen molar-refractivity contribution in [2.75, 3.05) is 0 Å². The van der Waals surface area contributed by atoms with E-state index in [1.165, 1.54) is 16.2 Å². The molecule has 44 valence electrons. The first-order valence-electron chi connectivity index (χ1n) is 1.06. The molecule has 0 spiro atoms. The fraction of sp³-hybridized carbons (Fsp3) is 0. The second-order valence-corrected chi connectivity index (χ2v) is 1.80. The average molecular weight is 164 g/mol. The van der Waals surface area contributed by atoms with Gasteiger partial charge in [-0.15, -0.1) is 0 Å². The van der Waals surface area contributed by atoms with E-state index in [1.54, 1.807) is 0 Å². The zero-order valence-electron chi connectivity index (χ0n) is 3.11. The van der Waals surface area contributed by atoms with Gasteiger partial charge in [-0.2, -0.15) is 0 Å². The predicted molar refractivity (Wildman–Crippen MR) is 15.3 cm³/mol. The summed E-state index contributed by atoms with van der Waals surface area (Å²) in [5, 5.41) is 0. The van der Waals surface area contributed by atoms with Gasteiger partial charge in [0.2, 0.25) is 0 Å². The predicted octanol–water partition coefficient (Wildman–Crippen LogP) is -2.73. The van der Waals surface area contributed by atoms with Gasteiger partial charge in [0.15, 0.2) is 0 Å². The van der Waals surface area contributed by atoms with Crippen LogP contribution in [0.3, 0.4) is 0 Å². The molecule has 0 bridgehead atoms. The van der Waals surface area contributed by atoms with Crippen molar-refractivity contribution in [3.63, 3.8) is 0 Å². The summed E-state index contributed by atoms with van der Waals surface area (Å²) < 4.78 is 8.12. The Morgan fingerprint density at radius 1 is 1.00 bits per heavy atom. The normalized spacial score (nSPS) is 9.14. The first-order chi connectivity index (χ1) is 3.00. The van der Waals surface area contributed by atoms with Crippen LogP contribution in [0.1, 0.15) is 0 Å². The van der Waals surface area contributed by atoms with E-state index in [0.29, 0.717) is 0 Å². The van der Waals surface area contributed by atoms with Crippen molar-refractivity contribution in [3.05, 3.63) is 0 Å². The Labute approximate surface area is 49.0 Å². The molecule has 0 aromatic rings. The molecule has 0 unspecified atom stereocenters. The van der Waals surface area contributed by atoms with Crippen molar-refractivity contribution in [3.8, 4) is 0 Å². The molecule has 0 aliphatic carbocycles. The Bertz CT molecular complexity index is 31.8. The summed E-state index contributed by atoms with van der Waals surface area (Å²) in [6.07, 6.45) is 0. The van der Waals surface area contributed by atoms with Crippen molar-refractivity contribution in [1.82, 2.24) is 0 Å². The van der Waals surface area contributed by atoms with Crippen LogP contribution >= 0.6 is 0 Å². The zero-order valence-corrected chi connectivity index (χ0v) is 5.38. The van der Waals surface area contributed by atoms with Crippen LogP contribution in [0.25, 0.3) is 0 Å². The van der Waals surface area contributed by atoms with E-state index < -0.39 is 9.05 Å². The van der Waals surface area contributed by atoms with Gasteiger partial charge in [-0.3, -0.25) is 0 Å². The van der Waals surface area contributed by atoms with Gasteiger partial charge in [0.1, 0.15) is 0 Å². The van der Waals surface area contributed by atoms with Crippen molar-refractivity contribution in [2.45, 2.75) is 0 Å². The fourth-order valence-electron chi connectivity index (χ4n) is 0. The molecule has 0 amide bonds. The molecule has 7 heavy (non-hydrogen) atoms. The van der Waals surface area contributed by atoms with Gasteiger partial charge in [0, 0.05) is 0 Å². The standard InChI is InChI=1S/Cr.H4O4Si.O/c;1-5(2,3)4;/h;1-4H;. The minimum absolute atomic E-state index is 1.38. The van der Waals surface area contributed by atoms with Crippen molar-refractivity contribution in [2.24, 2.45) is 0 Å². The third-order valence-electron chi connectivity index (χ3n) is 0. The molecule has 0 aromatic carbocycles. The van der Waals surface area contributed by atoms with Gasteiger partial charge in [-0.1, -0.05) is 0 Å². The molecule has 0 heterocycles. The van der Waals surface area contributed by atoms with Crippen LogP contribution in [0.5, 0.6) is 0 Å². The molecule has 0 atom stereocenters. The summed E-state index contributed by atoms with van der Waals surface area (Å²) in [6.45, 7) is 0. The van der Waals surface area contributed by atoms with E-state index in [0.717, 1.165) is 0 Å². The Hall–Kier alpha value is 0.389. The molecule has 4 N–H and O–H groups in total. The maximum absolute atomic E-state index is 8.12. The van der Waals surface area contributed by atoms with Crippen LogP contribution in [0, 0.1) is 0 Å². The Morgan fingerprint density at radius 2 is 1.00 bits per heavy atom. The van der Waals surface area contributed by atoms with E-state index >= 15 is 0 Å². The molecule has 0 saturated carbocycles. The average Bonchev–Trinajstić information content (AvgIpc) is 1.36. The molecule has 0 rings (SSSR count). The molecule has 0 fully saturated rings. The SMILES string of the molecule is O[Si](O)(O)O.[O]=[Cr]. The van der Waals surface area contributed by atoms with Crippen LogP contribution in [0.2, 0.25) is 0 Å². The van der Waals surface area contributed by atoms with Gasteiger partial charge in [-0.05, 0) is 0 Å². The molecule has 7 heteroatoms. The molecule has 5 nitrogen and oxygen atoms in total. The zero-order chi connectivity index (χ0) is 6.50. The molecule has 0 aliphatic heterocycles. The van der Waals surface area contributed by atoms with E-state index in [-0.39, 0.29) is 0 Å². The summed E-state index contributed by atoms with van der Waals surface area (Å²) in [4.78, 5) is 29.3. The van der Waals surface area contributed by atoms with E-state index in [1.807, 2.05) is 0 Å². The van der Waals surface area contributed by atoms with Gasteiger partial charge in [0.05, 0.1) is 0 Å². The molecular weight excluding hydrogens is 160 g/mol. The second kappa shape index (κ2) is 4.55. The molecule has 0 saturated heterocycles. The fourth-order valence-corrected chi connectivity index (χ4v) is 0. The van der Waals surface area contributed by atoms with Crippen molar-refractivity contribution >= 4 is 9.05 Å². The second-order valence-electron chi connectivity index (χ2n) is 0.600. The van der Waals surface area contributed by atoms with Crippen LogP contribution in [0.15, 0.2) is 0 Å². The Morgan fingerprint density at radius 3 is 1.00 bits per heavy atom. The van der Waals surface area contributed by atoms with Crippen LogP contribution in [-0.2, 0) is 20.0 Å². The van der Waals surface area contributed by atoms with Crippen LogP contribution < -0.4 is 0 Å². The number of hydrogen-bond donors (Lipinski definition) is 4. The monoisotopic (exact) mass is 164 g/mol. The summed E-state index contributed by atoms with van der Waals surface area (Å²) in [5.74, 6) is 0. The van der Waals surface area contributed by atoms with Crippen molar-refractivity contribution in [1.29, 1.82) is 0 Å². The van der Waals surface area contributed by atoms with Gasteiger partial charge in [0.25, 0.3) is 0 Å². The Kier molecular flexibility index (Phi) is 6.74. The van der Waals surface area contributed by atoms with Gasteiger partial charge >= 0.3 is 29.1 Å². The third-order valence-corrected chi connectivity index (χ3v) is 0. The molecule has 0 aromatic heterocycles. The Balaban J connectivity index is 0. The minimum atomic E-state index is -4.61. The maximum atomic E-state index is 8.12. The van der Waals surface area contributed by atoms with Gasteiger partial charge in [-0.25, -0.2) is 0 Å². The first-order valence-corrected chi connectivity index (χ1v) is 3.37. The summed E-state index contributed by atoms with van der Waals surface area (Å²) in [7, 11) is -4.61. The van der Waals surface area contributed by atoms with E-state index in [9.17, 15) is 0 Å². The topological polar surface area (TPSA) is 98.0 Å².